The van der Waals surface area contributed by atoms with Crippen molar-refractivity contribution in [1.82, 2.24) is 10.4 Å². The van der Waals surface area contributed by atoms with Crippen LogP contribution in [0.3, 0.4) is 0 Å². The third kappa shape index (κ3) is 2.94. The third-order valence-electron chi connectivity index (χ3n) is 2.61. The molecule has 0 aliphatic heterocycles. The highest BCUT2D eigenvalue weighted by Gasteiger charge is 2.12. The molecule has 1 amide bonds. The fraction of sp³-hybridized carbons (Fsp3) is 0.0769. The number of nitrogens with two attached hydrogens (primary N) is 2. The molecule has 19 heavy (non-hydrogen) atoms. The van der Waals surface area contributed by atoms with Gasteiger partial charge in [0.15, 0.2) is 5.69 Å². The van der Waals surface area contributed by atoms with Gasteiger partial charge in [0, 0.05) is 23.4 Å². The quantitative estimate of drug-likeness (QED) is 0.412. The summed E-state index contributed by atoms with van der Waals surface area (Å²) < 4.78 is 0. The highest BCUT2D eigenvalue weighted by molar-refractivity contribution is 5.95. The van der Waals surface area contributed by atoms with Gasteiger partial charge in [0.05, 0.1) is 7.11 Å². The van der Waals surface area contributed by atoms with Gasteiger partial charge in [-0.1, -0.05) is 12.1 Å². The fourth-order valence-corrected chi connectivity index (χ4v) is 1.77. The van der Waals surface area contributed by atoms with Crippen molar-refractivity contribution in [1.29, 1.82) is 0 Å². The average Bonchev–Trinajstić information content (AvgIpc) is 2.47. The summed E-state index contributed by atoms with van der Waals surface area (Å²) >= 11 is 0. The zero-order valence-electron chi connectivity index (χ0n) is 10.5. The fourth-order valence-electron chi connectivity index (χ4n) is 1.77. The van der Waals surface area contributed by atoms with E-state index in [4.69, 9.17) is 10.7 Å². The lowest BCUT2D eigenvalue weighted by Gasteiger charge is -2.06. The Labute approximate surface area is 110 Å². The molecule has 6 heteroatoms. The summed E-state index contributed by atoms with van der Waals surface area (Å²) in [4.78, 5) is 20.9. The van der Waals surface area contributed by atoms with E-state index >= 15 is 0 Å². The van der Waals surface area contributed by atoms with Crippen LogP contribution < -0.4 is 16.7 Å². The Morgan fingerprint density at radius 2 is 2.21 bits per heavy atom. The van der Waals surface area contributed by atoms with Crippen LogP contribution in [0, 0.1) is 0 Å². The lowest BCUT2D eigenvalue weighted by molar-refractivity contribution is -0.830. The van der Waals surface area contributed by atoms with E-state index in [1.807, 2.05) is 18.2 Å². The van der Waals surface area contributed by atoms with Gasteiger partial charge in [-0.15, -0.1) is 0 Å². The number of amides is 1. The zero-order valence-corrected chi connectivity index (χ0v) is 10.5. The molecule has 0 atom stereocenters. The number of rotatable bonds is 4. The number of hydrazine groups is 1. The van der Waals surface area contributed by atoms with E-state index in [0.29, 0.717) is 5.56 Å². The maximum Gasteiger partial charge on any atom is 0.265 e. The van der Waals surface area contributed by atoms with E-state index in [2.05, 4.69) is 10.4 Å². The number of pyridine rings is 1. The van der Waals surface area contributed by atoms with Gasteiger partial charge in [0.1, 0.15) is 5.69 Å². The highest BCUT2D eigenvalue weighted by Crippen LogP contribution is 2.22. The molecule has 1 heterocycles. The molecule has 0 unspecified atom stereocenters. The first-order valence-corrected chi connectivity index (χ1v) is 5.68. The Kier molecular flexibility index (Phi) is 4.19. The van der Waals surface area contributed by atoms with Gasteiger partial charge in [0.25, 0.3) is 5.91 Å². The minimum Gasteiger partial charge on any atom is -0.290 e. The molecule has 0 fully saturated rings. The van der Waals surface area contributed by atoms with E-state index in [-0.39, 0.29) is 5.91 Å². The largest absolute Gasteiger partial charge is 0.290 e. The summed E-state index contributed by atoms with van der Waals surface area (Å²) in [5.41, 5.74) is 6.61. The maximum absolute atomic E-state index is 11.5. The van der Waals surface area contributed by atoms with Gasteiger partial charge in [-0.25, -0.2) is 15.7 Å². The molecule has 0 saturated carbocycles. The average molecular weight is 259 g/mol. The molecule has 0 aliphatic carbocycles. The van der Waals surface area contributed by atoms with E-state index in [1.165, 1.54) is 0 Å². The monoisotopic (exact) mass is 259 g/mol. The number of nitrogens with zero attached hydrogens (tertiary/aromatic N) is 1. The number of carbonyl (C=O) groups excluding carboxylic acids is 1. The van der Waals surface area contributed by atoms with Gasteiger partial charge >= 0.3 is 0 Å². The molecule has 6 nitrogen and oxygen atoms in total. The Hall–Kier alpha value is -2.28. The Morgan fingerprint density at radius 3 is 2.95 bits per heavy atom. The van der Waals surface area contributed by atoms with E-state index < -0.39 is 0 Å². The normalized spacial score (nSPS) is 10.2. The summed E-state index contributed by atoms with van der Waals surface area (Å²) in [7, 11) is 1.58. The summed E-state index contributed by atoms with van der Waals surface area (Å²) in [5.74, 6) is 4.79. The molecule has 1 aromatic carbocycles. The number of hydrogen-bond donors (Lipinski definition) is 3. The highest BCUT2D eigenvalue weighted by atomic mass is 16.6. The minimum absolute atomic E-state index is 0.338. The molecule has 2 aromatic rings. The van der Waals surface area contributed by atoms with Crippen LogP contribution in [0.15, 0.2) is 42.6 Å². The van der Waals surface area contributed by atoms with Crippen LogP contribution in [-0.2, 0) is 4.84 Å². The van der Waals surface area contributed by atoms with Crippen molar-refractivity contribution in [3.05, 3.63) is 48.2 Å². The van der Waals surface area contributed by atoms with E-state index in [9.17, 15) is 4.79 Å². The van der Waals surface area contributed by atoms with Crippen LogP contribution >= 0.6 is 0 Å². The molecule has 0 saturated heterocycles. The van der Waals surface area contributed by atoms with E-state index in [1.54, 1.807) is 37.0 Å². The summed E-state index contributed by atoms with van der Waals surface area (Å²) in [6.07, 6.45) is 1.69. The van der Waals surface area contributed by atoms with Gasteiger partial charge < -0.3 is 0 Å². The van der Waals surface area contributed by atoms with Crippen LogP contribution in [0.2, 0.25) is 0 Å². The van der Waals surface area contributed by atoms with Crippen molar-refractivity contribution >= 4 is 11.6 Å². The van der Waals surface area contributed by atoms with Crippen LogP contribution in [0.5, 0.6) is 0 Å². The number of hydrogen-bond acceptors (Lipinski definition) is 4. The molecule has 2 rings (SSSR count). The van der Waals surface area contributed by atoms with Crippen LogP contribution in [0.25, 0.3) is 11.3 Å². The Bertz CT molecular complexity index is 586. The van der Waals surface area contributed by atoms with Crippen molar-refractivity contribution in [2.75, 3.05) is 7.11 Å². The van der Waals surface area contributed by atoms with Crippen molar-refractivity contribution in [3.63, 3.8) is 0 Å². The second-order valence-electron chi connectivity index (χ2n) is 3.85. The van der Waals surface area contributed by atoms with Crippen LogP contribution in [0.1, 0.15) is 10.4 Å². The van der Waals surface area contributed by atoms with Gasteiger partial charge in [-0.2, -0.15) is 5.48 Å². The predicted molar refractivity (Wildman–Crippen MR) is 69.9 cm³/mol. The Morgan fingerprint density at radius 1 is 1.37 bits per heavy atom. The van der Waals surface area contributed by atoms with Crippen molar-refractivity contribution in [2.45, 2.75) is 0 Å². The van der Waals surface area contributed by atoms with Crippen molar-refractivity contribution < 1.29 is 15.1 Å². The lowest BCUT2D eigenvalue weighted by atomic mass is 10.1. The smallest absolute Gasteiger partial charge is 0.265 e. The summed E-state index contributed by atoms with van der Waals surface area (Å²) in [6.45, 7) is 0. The first-order valence-electron chi connectivity index (χ1n) is 5.68. The number of aromatic nitrogens is 1. The molecule has 5 N–H and O–H groups in total. The predicted octanol–water partition coefficient (Wildman–Crippen LogP) is 0.108. The van der Waals surface area contributed by atoms with Crippen LogP contribution in [0.4, 0.5) is 5.69 Å². The summed E-state index contributed by atoms with van der Waals surface area (Å²) in [5, 5.41) is 0. The zero-order chi connectivity index (χ0) is 13.7. The Balaban J connectivity index is 2.44. The van der Waals surface area contributed by atoms with Crippen molar-refractivity contribution in [3.8, 4) is 11.3 Å². The number of benzene rings is 1. The van der Waals surface area contributed by atoms with Gasteiger partial charge in [-0.05, 0) is 18.2 Å². The molecule has 0 spiro atoms. The number of quaternary nitrogens is 1. The SMILES string of the molecule is CO[NH2+]c1cccnc1-c1cccc(C(=O)NN)c1. The number of carbonyl (C=O) groups is 1. The molecular weight excluding hydrogens is 244 g/mol. The number of nitrogens with one attached hydrogen (secondary N) is 1. The first kappa shape index (κ1) is 13.2. The lowest BCUT2D eigenvalue weighted by Crippen LogP contribution is -2.76. The van der Waals surface area contributed by atoms with E-state index in [0.717, 1.165) is 16.9 Å². The minimum atomic E-state index is -0.338. The van der Waals surface area contributed by atoms with Gasteiger partial charge in [-0.3, -0.25) is 10.2 Å². The second-order valence-corrected chi connectivity index (χ2v) is 3.85. The maximum atomic E-state index is 11.5. The molecule has 98 valence electrons. The molecule has 0 bridgehead atoms. The van der Waals surface area contributed by atoms with Gasteiger partial charge in [0.2, 0.25) is 0 Å². The molecular formula is C13H15N4O2+. The first-order chi connectivity index (χ1) is 9.26. The standard InChI is InChI=1S/C13H14N4O2/c1-19-17-11-6-3-7-15-12(11)9-4-2-5-10(8-9)13(18)16-14/h2-8,17H,14H2,1H3,(H,16,18)/p+1. The second kappa shape index (κ2) is 6.05. The summed E-state index contributed by atoms with van der Waals surface area (Å²) in [6, 6.07) is 10.8. The third-order valence-corrected chi connectivity index (χ3v) is 2.61. The molecule has 1 aromatic heterocycles. The van der Waals surface area contributed by atoms with Crippen LogP contribution in [-0.4, -0.2) is 18.0 Å². The molecule has 0 aliphatic rings. The topological polar surface area (TPSA) is 93.8 Å². The van der Waals surface area contributed by atoms with Crippen molar-refractivity contribution in [2.24, 2.45) is 5.84 Å². The molecule has 0 radical (unpaired) electrons. The number of nitrogen functional groups attached to an aromatic ring is 1.